The van der Waals surface area contributed by atoms with Crippen molar-refractivity contribution in [1.82, 2.24) is 5.32 Å². The lowest BCUT2D eigenvalue weighted by Gasteiger charge is -2.07. The van der Waals surface area contributed by atoms with Crippen LogP contribution in [-0.4, -0.2) is 18.4 Å². The van der Waals surface area contributed by atoms with Crippen LogP contribution in [0, 0.1) is 11.8 Å². The van der Waals surface area contributed by atoms with Gasteiger partial charge in [-0.05, 0) is 36.6 Å². The highest BCUT2D eigenvalue weighted by atomic mass is 16.4. The van der Waals surface area contributed by atoms with Crippen molar-refractivity contribution >= 4 is 28.5 Å². The molecule has 0 bridgehead atoms. The summed E-state index contributed by atoms with van der Waals surface area (Å²) in [6.45, 7) is 2.37. The molecule has 2 amide bonds. The van der Waals surface area contributed by atoms with Crippen molar-refractivity contribution in [1.29, 1.82) is 0 Å². The van der Waals surface area contributed by atoms with Crippen LogP contribution in [0.3, 0.4) is 0 Å². The molecule has 2 atom stereocenters. The van der Waals surface area contributed by atoms with E-state index in [4.69, 9.17) is 4.42 Å². The quantitative estimate of drug-likeness (QED) is 0.825. The second-order valence-corrected chi connectivity index (χ2v) is 5.92. The van der Waals surface area contributed by atoms with Gasteiger partial charge in [0.2, 0.25) is 11.8 Å². The number of nitrogens with one attached hydrogen (secondary N) is 2. The first-order valence-electron chi connectivity index (χ1n) is 7.64. The SMILES string of the molecule is CC1CC1C(=O)NCCC(=O)Nc1ccc2oc(=O)ccc2c1. The van der Waals surface area contributed by atoms with E-state index < -0.39 is 5.63 Å². The Morgan fingerprint density at radius 1 is 1.26 bits per heavy atom. The largest absolute Gasteiger partial charge is 0.423 e. The topological polar surface area (TPSA) is 88.4 Å². The van der Waals surface area contributed by atoms with Gasteiger partial charge in [-0.25, -0.2) is 4.79 Å². The Labute approximate surface area is 132 Å². The fourth-order valence-electron chi connectivity index (χ4n) is 2.49. The average molecular weight is 314 g/mol. The summed E-state index contributed by atoms with van der Waals surface area (Å²) < 4.78 is 5.03. The van der Waals surface area contributed by atoms with E-state index in [1.807, 2.05) is 6.92 Å². The van der Waals surface area contributed by atoms with Crippen LogP contribution < -0.4 is 16.3 Å². The molecule has 2 aromatic rings. The molecule has 1 aromatic carbocycles. The van der Waals surface area contributed by atoms with Crippen molar-refractivity contribution < 1.29 is 14.0 Å². The van der Waals surface area contributed by atoms with Gasteiger partial charge in [0, 0.05) is 36.0 Å². The summed E-state index contributed by atoms with van der Waals surface area (Å²) in [6, 6.07) is 8.03. The number of hydrogen-bond donors (Lipinski definition) is 2. The van der Waals surface area contributed by atoms with E-state index in [2.05, 4.69) is 10.6 Å². The summed E-state index contributed by atoms with van der Waals surface area (Å²) in [5, 5.41) is 6.28. The van der Waals surface area contributed by atoms with Gasteiger partial charge in [0.05, 0.1) is 0 Å². The first-order valence-corrected chi connectivity index (χ1v) is 7.64. The molecule has 1 aliphatic rings. The van der Waals surface area contributed by atoms with Crippen LogP contribution in [-0.2, 0) is 9.59 Å². The molecule has 0 radical (unpaired) electrons. The molecule has 1 aromatic heterocycles. The minimum Gasteiger partial charge on any atom is -0.423 e. The van der Waals surface area contributed by atoms with E-state index in [1.54, 1.807) is 24.3 Å². The van der Waals surface area contributed by atoms with E-state index in [9.17, 15) is 14.4 Å². The molecule has 1 heterocycles. The van der Waals surface area contributed by atoms with Gasteiger partial charge in [0.25, 0.3) is 0 Å². The van der Waals surface area contributed by atoms with Gasteiger partial charge in [-0.3, -0.25) is 9.59 Å². The Hall–Kier alpha value is -2.63. The molecule has 0 saturated heterocycles. The molecule has 0 spiro atoms. The van der Waals surface area contributed by atoms with Crippen LogP contribution in [0.5, 0.6) is 0 Å². The number of carbonyl (C=O) groups is 2. The maximum Gasteiger partial charge on any atom is 0.336 e. The number of amides is 2. The molecular weight excluding hydrogens is 296 g/mol. The van der Waals surface area contributed by atoms with Gasteiger partial charge >= 0.3 is 5.63 Å². The molecule has 2 N–H and O–H groups in total. The summed E-state index contributed by atoms with van der Waals surface area (Å²) in [7, 11) is 0. The third kappa shape index (κ3) is 3.77. The van der Waals surface area contributed by atoms with Gasteiger partial charge in [-0.2, -0.15) is 0 Å². The van der Waals surface area contributed by atoms with Crippen molar-refractivity contribution in [2.24, 2.45) is 11.8 Å². The zero-order valence-corrected chi connectivity index (χ0v) is 12.8. The van der Waals surface area contributed by atoms with Crippen molar-refractivity contribution in [3.63, 3.8) is 0 Å². The number of anilines is 1. The minimum absolute atomic E-state index is 0.0334. The van der Waals surface area contributed by atoms with Gasteiger partial charge in [0.1, 0.15) is 5.58 Å². The Bertz CT molecular complexity index is 812. The normalized spacial score (nSPS) is 19.3. The molecule has 6 nitrogen and oxygen atoms in total. The Morgan fingerprint density at radius 3 is 2.78 bits per heavy atom. The molecule has 1 saturated carbocycles. The Balaban J connectivity index is 1.52. The summed E-state index contributed by atoms with van der Waals surface area (Å²) in [4.78, 5) is 34.7. The highest BCUT2D eigenvalue weighted by molar-refractivity contribution is 5.93. The number of carbonyl (C=O) groups excluding carboxylic acids is 2. The highest BCUT2D eigenvalue weighted by Crippen LogP contribution is 2.37. The number of benzene rings is 1. The number of hydrogen-bond acceptors (Lipinski definition) is 4. The smallest absolute Gasteiger partial charge is 0.336 e. The minimum atomic E-state index is -0.407. The zero-order valence-electron chi connectivity index (χ0n) is 12.8. The molecule has 3 rings (SSSR count). The predicted molar refractivity (Wildman–Crippen MR) is 86.0 cm³/mol. The molecule has 120 valence electrons. The van der Waals surface area contributed by atoms with E-state index in [0.29, 0.717) is 23.7 Å². The first kappa shape index (κ1) is 15.3. The second-order valence-electron chi connectivity index (χ2n) is 5.92. The maximum atomic E-state index is 11.9. The Kier molecular flexibility index (Phi) is 4.14. The molecule has 1 aliphatic carbocycles. The van der Waals surface area contributed by atoms with Crippen LogP contribution in [0.25, 0.3) is 11.0 Å². The summed E-state index contributed by atoms with van der Waals surface area (Å²) in [5.74, 6) is 0.437. The maximum absolute atomic E-state index is 11.9. The summed E-state index contributed by atoms with van der Waals surface area (Å²) >= 11 is 0. The fourth-order valence-corrected chi connectivity index (χ4v) is 2.49. The van der Waals surface area contributed by atoms with Gasteiger partial charge < -0.3 is 15.1 Å². The van der Waals surface area contributed by atoms with Crippen molar-refractivity contribution in [2.75, 3.05) is 11.9 Å². The number of rotatable bonds is 5. The molecular formula is C17H18N2O4. The van der Waals surface area contributed by atoms with Crippen molar-refractivity contribution in [3.8, 4) is 0 Å². The lowest BCUT2D eigenvalue weighted by atomic mass is 10.2. The van der Waals surface area contributed by atoms with Crippen LogP contribution in [0.15, 0.2) is 39.5 Å². The van der Waals surface area contributed by atoms with Crippen molar-refractivity contribution in [3.05, 3.63) is 40.8 Å². The van der Waals surface area contributed by atoms with E-state index in [-0.39, 0.29) is 24.2 Å². The first-order chi connectivity index (χ1) is 11.0. The number of fused-ring (bicyclic) bond motifs is 1. The van der Waals surface area contributed by atoms with Crippen LogP contribution in [0.1, 0.15) is 19.8 Å². The molecule has 6 heteroatoms. The zero-order chi connectivity index (χ0) is 16.4. The predicted octanol–water partition coefficient (Wildman–Crippen LogP) is 1.89. The summed E-state index contributed by atoms with van der Waals surface area (Å²) in [6.07, 6.45) is 1.15. The monoisotopic (exact) mass is 314 g/mol. The van der Waals surface area contributed by atoms with Crippen LogP contribution in [0.4, 0.5) is 5.69 Å². The third-order valence-corrected chi connectivity index (χ3v) is 4.00. The fraction of sp³-hybridized carbons (Fsp3) is 0.353. The lowest BCUT2D eigenvalue weighted by molar-refractivity contribution is -0.122. The Morgan fingerprint density at radius 2 is 2.04 bits per heavy atom. The molecule has 2 unspecified atom stereocenters. The van der Waals surface area contributed by atoms with E-state index >= 15 is 0 Å². The second kappa shape index (κ2) is 6.24. The van der Waals surface area contributed by atoms with Crippen LogP contribution >= 0.6 is 0 Å². The molecule has 1 fully saturated rings. The molecule has 0 aliphatic heterocycles. The van der Waals surface area contributed by atoms with Crippen molar-refractivity contribution in [2.45, 2.75) is 19.8 Å². The van der Waals surface area contributed by atoms with Gasteiger partial charge in [-0.15, -0.1) is 0 Å². The average Bonchev–Trinajstić information content (AvgIpc) is 3.24. The van der Waals surface area contributed by atoms with E-state index in [1.165, 1.54) is 6.07 Å². The van der Waals surface area contributed by atoms with Gasteiger partial charge in [0.15, 0.2) is 0 Å². The van der Waals surface area contributed by atoms with Crippen LogP contribution in [0.2, 0.25) is 0 Å². The summed E-state index contributed by atoms with van der Waals surface area (Å²) in [5.41, 5.74) is 0.690. The van der Waals surface area contributed by atoms with E-state index in [0.717, 1.165) is 11.8 Å². The standard InChI is InChI=1S/C17H18N2O4/c1-10-8-13(10)17(22)18-7-6-15(20)19-12-3-4-14-11(9-12)2-5-16(21)23-14/h2-5,9-10,13H,6-8H2,1H3,(H,18,22)(H,19,20). The lowest BCUT2D eigenvalue weighted by Crippen LogP contribution is -2.29. The highest BCUT2D eigenvalue weighted by Gasteiger charge is 2.38. The van der Waals surface area contributed by atoms with Gasteiger partial charge in [-0.1, -0.05) is 6.92 Å². The third-order valence-electron chi connectivity index (χ3n) is 4.00. The molecule has 23 heavy (non-hydrogen) atoms.